The smallest absolute Gasteiger partial charge is 0.450 e. The van der Waals surface area contributed by atoms with Crippen LogP contribution >= 0.6 is 0 Å². The van der Waals surface area contributed by atoms with Crippen LogP contribution in [0.2, 0.25) is 0 Å². The molecule has 3 saturated heterocycles. The summed E-state index contributed by atoms with van der Waals surface area (Å²) in [5, 5.41) is 43.1. The van der Waals surface area contributed by atoms with Crippen molar-refractivity contribution in [3.05, 3.63) is 59.5 Å². The highest BCUT2D eigenvalue weighted by Gasteiger charge is 2.48. The van der Waals surface area contributed by atoms with Crippen LogP contribution in [0, 0.1) is 0 Å². The van der Waals surface area contributed by atoms with Crippen molar-refractivity contribution >= 4 is 17.9 Å². The highest BCUT2D eigenvalue weighted by molar-refractivity contribution is 5.89. The molecule has 0 spiro atoms. The fourth-order valence-corrected chi connectivity index (χ4v) is 7.00. The maximum absolute atomic E-state index is 13.2. The number of carbonyl (C=O) groups is 2. The molecule has 5 heterocycles. The lowest BCUT2D eigenvalue weighted by molar-refractivity contribution is -0.327. The SMILES string of the molecule is O=C(O)O[C@@H]1O[C@@H](OC(=O)c2ccc(N3[C@@H]4CC[C@H]3CC(OCc3c(-c5ccccc5OC(F)(F)F)noc3C3CC3)C4)nc2)[C@H](O)[C@H](O)[C@@H]1O. The van der Waals surface area contributed by atoms with Crippen LogP contribution in [0.4, 0.5) is 23.8 Å². The van der Waals surface area contributed by atoms with Crippen LogP contribution in [-0.2, 0) is 25.6 Å². The van der Waals surface area contributed by atoms with Gasteiger partial charge in [0, 0.05) is 35.3 Å². The maximum atomic E-state index is 13.2. The molecule has 2 aromatic heterocycles. The average Bonchev–Trinajstić information content (AvgIpc) is 3.79. The number of ether oxygens (including phenoxy) is 5. The third-order valence-electron chi connectivity index (χ3n) is 9.50. The highest BCUT2D eigenvalue weighted by Crippen LogP contribution is 2.46. The molecule has 15 nitrogen and oxygen atoms in total. The van der Waals surface area contributed by atoms with Crippen LogP contribution in [0.25, 0.3) is 11.3 Å². The van der Waals surface area contributed by atoms with E-state index in [1.54, 1.807) is 12.1 Å². The van der Waals surface area contributed by atoms with Gasteiger partial charge in [-0.25, -0.2) is 14.6 Å². The maximum Gasteiger partial charge on any atom is 0.573 e. The molecule has 3 aromatic rings. The Morgan fingerprint density at radius 1 is 0.922 bits per heavy atom. The fourth-order valence-electron chi connectivity index (χ4n) is 7.00. The second-order valence-corrected chi connectivity index (χ2v) is 12.9. The van der Waals surface area contributed by atoms with E-state index in [0.717, 1.165) is 25.7 Å². The predicted octanol–water partition coefficient (Wildman–Crippen LogP) is 3.85. The number of aliphatic hydroxyl groups excluding tert-OH is 3. The topological polar surface area (TPSA) is 203 Å². The first-order chi connectivity index (χ1) is 24.4. The number of aromatic nitrogens is 2. The lowest BCUT2D eigenvalue weighted by Gasteiger charge is -2.39. The summed E-state index contributed by atoms with van der Waals surface area (Å²) >= 11 is 0. The monoisotopic (exact) mass is 721 g/mol. The molecule has 4 N–H and O–H groups in total. The standard InChI is InChI=1S/C33H34F3N3O12/c34-33(35,36)50-22-4-2-1-3-20(22)24-21(28(51-38-24)15-5-6-15)14-46-19-11-17-8-9-18(12-19)39(17)23-10-7-16(13-37-23)29(43)47-30-26(41)25(40)27(42)31(48-30)49-32(44)45/h1-4,7,10,13,15,17-19,25-27,30-31,40-42H,5-6,8-9,11-12,14H2,(H,44,45)/t17-,18+,19?,25-,26+,27-,30+,31-/m0/s1. The third kappa shape index (κ3) is 7.45. The molecule has 1 aliphatic carbocycles. The fraction of sp³-hybridized carbons (Fsp3) is 0.515. The minimum absolute atomic E-state index is 0.0189. The van der Waals surface area contributed by atoms with Gasteiger partial charge in [-0.05, 0) is 62.8 Å². The van der Waals surface area contributed by atoms with Gasteiger partial charge in [-0.15, -0.1) is 13.2 Å². The van der Waals surface area contributed by atoms with Crippen molar-refractivity contribution in [2.24, 2.45) is 0 Å². The number of pyridine rings is 1. The van der Waals surface area contributed by atoms with Gasteiger partial charge in [-0.1, -0.05) is 17.3 Å². The molecule has 2 bridgehead atoms. The molecular weight excluding hydrogens is 687 g/mol. The van der Waals surface area contributed by atoms with E-state index in [9.17, 15) is 38.1 Å². The minimum Gasteiger partial charge on any atom is -0.450 e. The number of hydrogen-bond acceptors (Lipinski definition) is 14. The van der Waals surface area contributed by atoms with Crippen molar-refractivity contribution in [1.82, 2.24) is 10.1 Å². The highest BCUT2D eigenvalue weighted by atomic mass is 19.4. The van der Waals surface area contributed by atoms with Gasteiger partial charge in [-0.3, -0.25) is 4.74 Å². The number of fused-ring (bicyclic) bond motifs is 2. The van der Waals surface area contributed by atoms with Gasteiger partial charge in [-0.2, -0.15) is 0 Å². The van der Waals surface area contributed by atoms with Crippen LogP contribution in [0.5, 0.6) is 5.75 Å². The molecule has 1 unspecified atom stereocenters. The molecule has 1 aromatic carbocycles. The number of anilines is 1. The summed E-state index contributed by atoms with van der Waals surface area (Å²) in [4.78, 5) is 30.3. The van der Waals surface area contributed by atoms with Crippen molar-refractivity contribution in [3.63, 3.8) is 0 Å². The Hall–Kier alpha value is -4.49. The summed E-state index contributed by atoms with van der Waals surface area (Å²) in [5.41, 5.74) is 1.00. The average molecular weight is 722 g/mol. The molecule has 274 valence electrons. The molecule has 18 heteroatoms. The molecule has 51 heavy (non-hydrogen) atoms. The number of nitrogens with zero attached hydrogens (tertiary/aromatic N) is 3. The molecule has 0 amide bonds. The van der Waals surface area contributed by atoms with Gasteiger partial charge < -0.3 is 48.8 Å². The number of rotatable bonds is 10. The van der Waals surface area contributed by atoms with Gasteiger partial charge in [0.1, 0.15) is 41.3 Å². The Morgan fingerprint density at radius 3 is 2.24 bits per heavy atom. The molecule has 0 radical (unpaired) electrons. The van der Waals surface area contributed by atoms with Crippen molar-refractivity contribution in [2.45, 2.75) is 106 Å². The molecule has 3 aliphatic heterocycles. The molecule has 4 fully saturated rings. The van der Waals surface area contributed by atoms with Crippen molar-refractivity contribution < 1.29 is 71.4 Å². The number of halogens is 3. The Bertz CT molecular complexity index is 1720. The Kier molecular flexibility index (Phi) is 9.53. The Morgan fingerprint density at radius 2 is 1.61 bits per heavy atom. The quantitative estimate of drug-likeness (QED) is 0.220. The number of benzene rings is 1. The number of carbonyl (C=O) groups excluding carboxylic acids is 1. The zero-order chi connectivity index (χ0) is 36.0. The lowest BCUT2D eigenvalue weighted by atomic mass is 9.99. The molecule has 7 rings (SSSR count). The summed E-state index contributed by atoms with van der Waals surface area (Å²) in [6, 6.07) is 9.03. The summed E-state index contributed by atoms with van der Waals surface area (Å²) < 4.78 is 70.4. The van der Waals surface area contributed by atoms with E-state index in [-0.39, 0.29) is 53.3 Å². The number of esters is 1. The van der Waals surface area contributed by atoms with Crippen LogP contribution in [0.15, 0.2) is 47.1 Å². The number of carboxylic acid groups (broad SMARTS) is 1. The van der Waals surface area contributed by atoms with Gasteiger partial charge in [0.15, 0.2) is 0 Å². The van der Waals surface area contributed by atoms with Gasteiger partial charge in [0.05, 0.1) is 18.3 Å². The van der Waals surface area contributed by atoms with Crippen LogP contribution in [-0.4, -0.2) is 98.1 Å². The first-order valence-corrected chi connectivity index (χ1v) is 16.4. The zero-order valence-electron chi connectivity index (χ0n) is 26.7. The van der Waals surface area contributed by atoms with E-state index in [0.29, 0.717) is 30.0 Å². The molecule has 1 saturated carbocycles. The second-order valence-electron chi connectivity index (χ2n) is 12.9. The summed E-state index contributed by atoms with van der Waals surface area (Å²) in [5.74, 6) is -0.0116. The molecule has 8 atom stereocenters. The van der Waals surface area contributed by atoms with E-state index in [4.69, 9.17) is 23.8 Å². The van der Waals surface area contributed by atoms with Gasteiger partial charge in [0.25, 0.3) is 0 Å². The Balaban J connectivity index is 0.992. The number of alkyl halides is 3. The van der Waals surface area contributed by atoms with Gasteiger partial charge >= 0.3 is 18.5 Å². The van der Waals surface area contributed by atoms with E-state index in [2.05, 4.69) is 24.5 Å². The molecular formula is C33H34F3N3O12. The summed E-state index contributed by atoms with van der Waals surface area (Å²) in [7, 11) is 0. The first kappa shape index (κ1) is 34.9. The normalized spacial score (nSPS) is 29.1. The number of aliphatic hydroxyl groups is 3. The Labute approximate surface area is 287 Å². The molecule has 4 aliphatic rings. The largest absolute Gasteiger partial charge is 0.573 e. The number of piperidine rings is 1. The summed E-state index contributed by atoms with van der Waals surface area (Å²) in [6.45, 7) is 0.1000. The van der Waals surface area contributed by atoms with Gasteiger partial charge in [0.2, 0.25) is 12.6 Å². The van der Waals surface area contributed by atoms with E-state index in [1.165, 1.54) is 30.5 Å². The van der Waals surface area contributed by atoms with E-state index < -0.39 is 49.4 Å². The van der Waals surface area contributed by atoms with Crippen LogP contribution in [0.1, 0.15) is 66.1 Å². The van der Waals surface area contributed by atoms with Crippen molar-refractivity contribution in [1.29, 1.82) is 0 Å². The van der Waals surface area contributed by atoms with Crippen LogP contribution in [0.3, 0.4) is 0 Å². The zero-order valence-corrected chi connectivity index (χ0v) is 26.7. The second kappa shape index (κ2) is 13.9. The minimum atomic E-state index is -4.88. The number of hydrogen-bond donors (Lipinski definition) is 4. The van der Waals surface area contributed by atoms with Crippen LogP contribution < -0.4 is 9.64 Å². The van der Waals surface area contributed by atoms with E-state index >= 15 is 0 Å². The first-order valence-electron chi connectivity index (χ1n) is 16.4. The number of para-hydroxylation sites is 1. The van der Waals surface area contributed by atoms with E-state index in [1.807, 2.05) is 0 Å². The lowest BCUT2D eigenvalue weighted by Crippen LogP contribution is -2.59. The predicted molar refractivity (Wildman–Crippen MR) is 163 cm³/mol. The third-order valence-corrected chi connectivity index (χ3v) is 9.50. The summed E-state index contributed by atoms with van der Waals surface area (Å²) in [6.07, 6.45) is -10.2. The van der Waals surface area contributed by atoms with Crippen molar-refractivity contribution in [3.8, 4) is 17.0 Å². The van der Waals surface area contributed by atoms with Crippen molar-refractivity contribution in [2.75, 3.05) is 4.90 Å².